The van der Waals surface area contributed by atoms with Crippen molar-refractivity contribution in [3.63, 3.8) is 0 Å². The summed E-state index contributed by atoms with van der Waals surface area (Å²) in [6.45, 7) is 15.2. The predicted octanol–water partition coefficient (Wildman–Crippen LogP) is 7.38. The van der Waals surface area contributed by atoms with Gasteiger partial charge in [0.1, 0.15) is 30.1 Å². The molecule has 3 saturated heterocycles. The van der Waals surface area contributed by atoms with Crippen LogP contribution in [0.1, 0.15) is 145 Å². The summed E-state index contributed by atoms with van der Waals surface area (Å²) in [5, 5.41) is 33.1. The standard InChI is InChI=1S/C59H93NO15/c1-37-16-11-10-12-17-38(2)50(73-36-44-23-28-71-29-24-44)34-46-21-19-43(7)59(68,75-46)56(65)57(66)60-25-14-13-18-47(60)58(67)74-51(40(4)32-45-20-22-49(52(33-45)69-8)72-27-15-26-61)35-48(62)39(3)31-42(6)54(64)55(70-9)53(63)41(5)30-37/h10-12,16-17,31,37,39-41,43-47,49-52,54-55,61,64,68H,13-15,18-30,32-36H2,1-9H3/b12-10+,16-11+,38-17+,42-31+/t37-,39-,40-,41-,43-,45+,46+,47?,49-,50?,51+,52-,54-,55+,59-/m1/s1. The smallest absolute Gasteiger partial charge is 0.329 e. The quantitative estimate of drug-likeness (QED) is 0.0753. The molecule has 0 radical (unpaired) electrons. The van der Waals surface area contributed by atoms with Crippen LogP contribution in [0.4, 0.5) is 0 Å². The Kier molecular flexibility index (Phi) is 25.5. The minimum atomic E-state index is -2.45. The predicted molar refractivity (Wildman–Crippen MR) is 283 cm³/mol. The number of cyclic esters (lactones) is 1. The number of aliphatic hydroxyl groups is 3. The molecular formula is C59H93NO15. The molecule has 4 fully saturated rings. The highest BCUT2D eigenvalue weighted by Crippen LogP contribution is 2.38. The van der Waals surface area contributed by atoms with E-state index in [1.807, 2.05) is 58.1 Å². The fourth-order valence-corrected chi connectivity index (χ4v) is 11.7. The normalized spacial score (nSPS) is 38.1. The van der Waals surface area contributed by atoms with Crippen molar-refractivity contribution in [2.24, 2.45) is 41.4 Å². The zero-order valence-corrected chi connectivity index (χ0v) is 46.7. The molecule has 4 heterocycles. The highest BCUT2D eigenvalue weighted by molar-refractivity contribution is 6.39. The molecule has 0 aromatic carbocycles. The molecule has 16 heteroatoms. The molecule has 4 aliphatic heterocycles. The van der Waals surface area contributed by atoms with Crippen molar-refractivity contribution >= 4 is 29.2 Å². The second-order valence-electron chi connectivity index (χ2n) is 22.7. The highest BCUT2D eigenvalue weighted by atomic mass is 16.6. The number of allylic oxidation sites excluding steroid dienone is 6. The third-order valence-corrected chi connectivity index (χ3v) is 16.7. The van der Waals surface area contributed by atoms with Crippen LogP contribution in [0, 0.1) is 41.4 Å². The van der Waals surface area contributed by atoms with E-state index in [-0.39, 0.29) is 67.5 Å². The van der Waals surface area contributed by atoms with E-state index in [0.717, 1.165) is 31.3 Å². The maximum absolute atomic E-state index is 14.6. The number of amides is 1. The Morgan fingerprint density at radius 2 is 1.57 bits per heavy atom. The van der Waals surface area contributed by atoms with Gasteiger partial charge in [-0.05, 0) is 132 Å². The van der Waals surface area contributed by atoms with Gasteiger partial charge >= 0.3 is 5.97 Å². The lowest BCUT2D eigenvalue weighted by Crippen LogP contribution is -2.61. The van der Waals surface area contributed by atoms with Gasteiger partial charge < -0.3 is 53.4 Å². The maximum Gasteiger partial charge on any atom is 0.329 e. The van der Waals surface area contributed by atoms with Gasteiger partial charge in [0.15, 0.2) is 5.78 Å². The fraction of sp³-hybridized carbons (Fsp3) is 0.780. The molecular weight excluding hydrogens is 963 g/mol. The number of piperidine rings is 1. The molecule has 2 bridgehead atoms. The zero-order valence-electron chi connectivity index (χ0n) is 46.7. The first-order valence-electron chi connectivity index (χ1n) is 28.2. The van der Waals surface area contributed by atoms with Crippen LogP contribution in [0.3, 0.4) is 0 Å². The summed E-state index contributed by atoms with van der Waals surface area (Å²) in [7, 11) is 3.04. The molecule has 1 aliphatic carbocycles. The number of hydrogen-bond acceptors (Lipinski definition) is 15. The SMILES string of the molecule is CO[C@@H]1C[C@H](C[C@@H](C)[C@@H]2CC(=O)[C@H](C)/C=C(\C)[C@@H](O)[C@@H](OC)C(=O)[C@H](C)C[C@H](C)/C=C/C=C/C=C(\C)C(OCC3CCOCC3)C[C@@H]3CC[C@@H](C)[C@@](O)(O3)C(=O)C(=O)N3CCCCC3C(=O)O2)CC[C@H]1OCCCO. The van der Waals surface area contributed by atoms with E-state index in [1.54, 1.807) is 34.0 Å². The van der Waals surface area contributed by atoms with Crippen molar-refractivity contribution in [3.05, 3.63) is 47.6 Å². The van der Waals surface area contributed by atoms with Gasteiger partial charge in [0, 0.05) is 77.8 Å². The number of fused-ring (bicyclic) bond motifs is 3. The number of carbonyl (C=O) groups excluding carboxylic acids is 5. The maximum atomic E-state index is 14.6. The number of esters is 1. The summed E-state index contributed by atoms with van der Waals surface area (Å²) in [5.74, 6) is -7.67. The van der Waals surface area contributed by atoms with E-state index in [2.05, 4.69) is 0 Å². The number of methoxy groups -OCH3 is 2. The van der Waals surface area contributed by atoms with Gasteiger partial charge in [-0.3, -0.25) is 19.2 Å². The Labute approximate surface area is 447 Å². The van der Waals surface area contributed by atoms with Gasteiger partial charge in [-0.1, -0.05) is 71.1 Å². The van der Waals surface area contributed by atoms with Gasteiger partial charge in [-0.25, -0.2) is 4.79 Å². The van der Waals surface area contributed by atoms with Gasteiger partial charge in [0.25, 0.3) is 11.7 Å². The summed E-state index contributed by atoms with van der Waals surface area (Å²) < 4.78 is 42.5. The molecule has 424 valence electrons. The van der Waals surface area contributed by atoms with Gasteiger partial charge in [0.05, 0.1) is 31.0 Å². The Morgan fingerprint density at radius 3 is 2.28 bits per heavy atom. The molecule has 15 atom stereocenters. The van der Waals surface area contributed by atoms with Crippen LogP contribution in [-0.4, -0.2) is 158 Å². The van der Waals surface area contributed by atoms with E-state index in [1.165, 1.54) is 12.0 Å². The van der Waals surface area contributed by atoms with E-state index in [0.29, 0.717) is 95.7 Å². The number of carbonyl (C=O) groups is 5. The summed E-state index contributed by atoms with van der Waals surface area (Å²) >= 11 is 0. The molecule has 2 unspecified atom stereocenters. The van der Waals surface area contributed by atoms with Crippen molar-refractivity contribution in [1.29, 1.82) is 0 Å². The summed E-state index contributed by atoms with van der Waals surface area (Å²) in [6, 6.07) is -1.15. The topological polar surface area (TPSA) is 214 Å². The van der Waals surface area contributed by atoms with Crippen LogP contribution in [0.25, 0.3) is 0 Å². The van der Waals surface area contributed by atoms with Crippen LogP contribution >= 0.6 is 0 Å². The highest BCUT2D eigenvalue weighted by Gasteiger charge is 2.53. The number of nitrogens with zero attached hydrogens (tertiary/aromatic N) is 1. The minimum absolute atomic E-state index is 0.00593. The number of aliphatic hydroxyl groups excluding tert-OH is 2. The molecule has 3 N–H and O–H groups in total. The number of ether oxygens (including phenoxy) is 7. The molecule has 75 heavy (non-hydrogen) atoms. The molecule has 0 aromatic rings. The Bertz CT molecular complexity index is 1980. The van der Waals surface area contributed by atoms with Crippen LogP contribution in [-0.2, 0) is 57.1 Å². The molecule has 0 aromatic heterocycles. The van der Waals surface area contributed by atoms with Crippen LogP contribution in [0.15, 0.2) is 47.6 Å². The van der Waals surface area contributed by atoms with Crippen molar-refractivity contribution in [1.82, 2.24) is 4.90 Å². The zero-order chi connectivity index (χ0) is 54.8. The summed E-state index contributed by atoms with van der Waals surface area (Å²) in [6.07, 6.45) is 14.6. The van der Waals surface area contributed by atoms with Crippen LogP contribution in [0.2, 0.25) is 0 Å². The van der Waals surface area contributed by atoms with Gasteiger partial charge in [0.2, 0.25) is 5.79 Å². The molecule has 5 aliphatic rings. The lowest BCUT2D eigenvalue weighted by molar-refractivity contribution is -0.266. The van der Waals surface area contributed by atoms with Crippen molar-refractivity contribution in [3.8, 4) is 0 Å². The van der Waals surface area contributed by atoms with Crippen molar-refractivity contribution in [2.45, 2.75) is 199 Å². The molecule has 0 spiro atoms. The number of hydrogen-bond donors (Lipinski definition) is 3. The molecule has 1 amide bonds. The monoisotopic (exact) mass is 1060 g/mol. The third-order valence-electron chi connectivity index (χ3n) is 16.7. The Balaban J connectivity index is 1.47. The van der Waals surface area contributed by atoms with Crippen molar-refractivity contribution < 1.29 is 72.5 Å². The van der Waals surface area contributed by atoms with Crippen LogP contribution in [0.5, 0.6) is 0 Å². The lowest BCUT2D eigenvalue weighted by Gasteiger charge is -2.43. The van der Waals surface area contributed by atoms with E-state index in [4.69, 9.17) is 33.2 Å². The number of rotatable bonds is 12. The first-order chi connectivity index (χ1) is 35.8. The third kappa shape index (κ3) is 17.8. The average Bonchev–Trinajstić information content (AvgIpc) is 3.40. The first kappa shape index (κ1) is 62.4. The minimum Gasteiger partial charge on any atom is -0.460 e. The molecule has 1 saturated carbocycles. The van der Waals surface area contributed by atoms with E-state index < -0.39 is 77.8 Å². The van der Waals surface area contributed by atoms with E-state index >= 15 is 0 Å². The lowest BCUT2D eigenvalue weighted by atomic mass is 9.78. The molecule has 5 rings (SSSR count). The summed E-state index contributed by atoms with van der Waals surface area (Å²) in [4.78, 5) is 73.1. The number of ketones is 3. The number of Topliss-reactive ketones (excluding diaryl/α,β-unsaturated/α-hetero) is 3. The van der Waals surface area contributed by atoms with Crippen molar-refractivity contribution in [2.75, 3.05) is 53.8 Å². The molecule has 16 nitrogen and oxygen atoms in total. The van der Waals surface area contributed by atoms with Gasteiger partial charge in [-0.2, -0.15) is 0 Å². The summed E-state index contributed by atoms with van der Waals surface area (Å²) in [5.41, 5.74) is 1.30. The average molecular weight is 1060 g/mol. The second-order valence-corrected chi connectivity index (χ2v) is 22.7. The second kappa shape index (κ2) is 30.6. The Morgan fingerprint density at radius 1 is 0.827 bits per heavy atom. The van der Waals surface area contributed by atoms with Crippen LogP contribution < -0.4 is 0 Å². The van der Waals surface area contributed by atoms with E-state index in [9.17, 15) is 39.3 Å². The largest absolute Gasteiger partial charge is 0.460 e. The first-order valence-corrected chi connectivity index (χ1v) is 28.2. The Hall–Kier alpha value is -3.45. The fourth-order valence-electron chi connectivity index (χ4n) is 11.7. The van der Waals surface area contributed by atoms with Gasteiger partial charge in [-0.15, -0.1) is 0 Å².